The van der Waals surface area contributed by atoms with E-state index < -0.39 is 17.6 Å². The highest BCUT2D eigenvalue weighted by molar-refractivity contribution is 7.07. The number of carbonyl (C=O) groups is 2. The molecule has 2 aromatic carbocycles. The van der Waals surface area contributed by atoms with Crippen molar-refractivity contribution < 1.29 is 14.0 Å². The van der Waals surface area contributed by atoms with E-state index in [-0.39, 0.29) is 11.3 Å². The molecule has 8 heteroatoms. The standard InChI is InChI=1S/C19H15ClFN3O2S/c1-12(25)22-17-10-13(6-7-16(17)21)18(26)23-19-24(8-9-27-19)11-14-4-2-3-5-15(14)20/h2-10H,11H2,1H3,(H,22,25). The van der Waals surface area contributed by atoms with Crippen LogP contribution < -0.4 is 10.1 Å². The normalized spacial score (nSPS) is 11.4. The molecule has 3 aromatic rings. The lowest BCUT2D eigenvalue weighted by atomic mass is 10.2. The predicted molar refractivity (Wildman–Crippen MR) is 103 cm³/mol. The molecule has 138 valence electrons. The average molecular weight is 404 g/mol. The van der Waals surface area contributed by atoms with Crippen molar-refractivity contribution in [2.45, 2.75) is 13.5 Å². The number of benzene rings is 2. The van der Waals surface area contributed by atoms with Crippen molar-refractivity contribution in [1.29, 1.82) is 0 Å². The van der Waals surface area contributed by atoms with Crippen LogP contribution in [0, 0.1) is 5.82 Å². The van der Waals surface area contributed by atoms with Crippen molar-refractivity contribution in [2.75, 3.05) is 5.32 Å². The molecule has 0 fully saturated rings. The van der Waals surface area contributed by atoms with E-state index >= 15 is 0 Å². The fourth-order valence-electron chi connectivity index (χ4n) is 2.41. The van der Waals surface area contributed by atoms with E-state index in [4.69, 9.17) is 11.6 Å². The Labute approximate surface area is 163 Å². The van der Waals surface area contributed by atoms with Crippen LogP contribution in [0.25, 0.3) is 0 Å². The molecule has 0 radical (unpaired) electrons. The lowest BCUT2D eigenvalue weighted by molar-refractivity contribution is -0.114. The van der Waals surface area contributed by atoms with Gasteiger partial charge in [0.15, 0.2) is 4.80 Å². The van der Waals surface area contributed by atoms with Crippen molar-refractivity contribution in [1.82, 2.24) is 4.57 Å². The Morgan fingerprint density at radius 1 is 1.26 bits per heavy atom. The SMILES string of the molecule is CC(=O)Nc1cc(C(=O)N=c2sccn2Cc2ccccc2Cl)ccc1F. The molecular formula is C19H15ClFN3O2S. The first-order valence-electron chi connectivity index (χ1n) is 7.97. The molecule has 1 heterocycles. The van der Waals surface area contributed by atoms with Crippen LogP contribution in [0.3, 0.4) is 0 Å². The zero-order valence-corrected chi connectivity index (χ0v) is 15.9. The van der Waals surface area contributed by atoms with E-state index in [2.05, 4.69) is 10.3 Å². The summed E-state index contributed by atoms with van der Waals surface area (Å²) in [6.07, 6.45) is 1.81. The van der Waals surface area contributed by atoms with Gasteiger partial charge in [-0.2, -0.15) is 4.99 Å². The van der Waals surface area contributed by atoms with Gasteiger partial charge >= 0.3 is 0 Å². The highest BCUT2D eigenvalue weighted by atomic mass is 35.5. The fraction of sp³-hybridized carbons (Fsp3) is 0.105. The second kappa shape index (κ2) is 8.28. The van der Waals surface area contributed by atoms with Gasteiger partial charge in [-0.25, -0.2) is 4.39 Å². The first-order chi connectivity index (χ1) is 12.9. The maximum absolute atomic E-state index is 13.7. The molecule has 3 rings (SSSR count). The third kappa shape index (κ3) is 4.69. The van der Waals surface area contributed by atoms with E-state index in [1.54, 1.807) is 6.07 Å². The molecule has 1 aromatic heterocycles. The Morgan fingerprint density at radius 3 is 2.78 bits per heavy atom. The molecule has 0 saturated heterocycles. The number of thiazole rings is 1. The first-order valence-corrected chi connectivity index (χ1v) is 9.23. The Hall–Kier alpha value is -2.77. The lowest BCUT2D eigenvalue weighted by Crippen LogP contribution is -2.17. The summed E-state index contributed by atoms with van der Waals surface area (Å²) >= 11 is 7.50. The van der Waals surface area contributed by atoms with Gasteiger partial charge in [0.25, 0.3) is 5.91 Å². The van der Waals surface area contributed by atoms with Crippen molar-refractivity contribution in [3.05, 3.63) is 80.8 Å². The predicted octanol–water partition coefficient (Wildman–Crippen LogP) is 4.09. The molecule has 0 aliphatic carbocycles. The number of aromatic nitrogens is 1. The van der Waals surface area contributed by atoms with E-state index in [1.807, 2.05) is 34.3 Å². The maximum atomic E-state index is 13.7. The minimum atomic E-state index is -0.619. The summed E-state index contributed by atoms with van der Waals surface area (Å²) in [7, 11) is 0. The minimum absolute atomic E-state index is 0.0568. The van der Waals surface area contributed by atoms with Gasteiger partial charge in [0.1, 0.15) is 5.82 Å². The van der Waals surface area contributed by atoms with Crippen molar-refractivity contribution in [3.63, 3.8) is 0 Å². The van der Waals surface area contributed by atoms with Crippen molar-refractivity contribution >= 4 is 40.4 Å². The number of rotatable bonds is 4. The third-order valence-corrected chi connectivity index (χ3v) is 4.84. The van der Waals surface area contributed by atoms with Crippen molar-refractivity contribution in [3.8, 4) is 0 Å². The van der Waals surface area contributed by atoms with Crippen LogP contribution >= 0.6 is 22.9 Å². The van der Waals surface area contributed by atoms with Gasteiger partial charge in [-0.3, -0.25) is 9.59 Å². The molecular weight excluding hydrogens is 389 g/mol. The van der Waals surface area contributed by atoms with Crippen LogP contribution in [0.2, 0.25) is 5.02 Å². The molecule has 5 nitrogen and oxygen atoms in total. The molecule has 0 atom stereocenters. The van der Waals surface area contributed by atoms with Crippen LogP contribution in [0.4, 0.5) is 10.1 Å². The fourth-order valence-corrected chi connectivity index (χ4v) is 3.33. The monoisotopic (exact) mass is 403 g/mol. The Morgan fingerprint density at radius 2 is 2.04 bits per heavy atom. The van der Waals surface area contributed by atoms with Gasteiger partial charge in [-0.05, 0) is 29.8 Å². The average Bonchev–Trinajstić information content (AvgIpc) is 3.05. The van der Waals surface area contributed by atoms with E-state index in [0.29, 0.717) is 16.4 Å². The Bertz CT molecular complexity index is 1070. The number of nitrogens with one attached hydrogen (secondary N) is 1. The third-order valence-electron chi connectivity index (χ3n) is 3.68. The van der Waals surface area contributed by atoms with Crippen LogP contribution in [0.1, 0.15) is 22.8 Å². The summed E-state index contributed by atoms with van der Waals surface area (Å²) in [6.45, 7) is 1.73. The summed E-state index contributed by atoms with van der Waals surface area (Å²) in [5, 5.41) is 4.80. The Kier molecular flexibility index (Phi) is 5.83. The van der Waals surface area contributed by atoms with Gasteiger partial charge < -0.3 is 9.88 Å². The number of hydrogen-bond donors (Lipinski definition) is 1. The minimum Gasteiger partial charge on any atom is -0.324 e. The molecule has 2 amide bonds. The summed E-state index contributed by atoms with van der Waals surface area (Å²) in [5.74, 6) is -1.57. The molecule has 0 saturated carbocycles. The molecule has 27 heavy (non-hydrogen) atoms. The molecule has 0 bridgehead atoms. The summed E-state index contributed by atoms with van der Waals surface area (Å²) in [4.78, 5) is 28.3. The number of carbonyl (C=O) groups excluding carboxylic acids is 2. The van der Waals surface area contributed by atoms with E-state index in [0.717, 1.165) is 11.6 Å². The summed E-state index contributed by atoms with van der Waals surface area (Å²) in [5.41, 5.74) is 1.03. The largest absolute Gasteiger partial charge is 0.324 e. The van der Waals surface area contributed by atoms with Crippen LogP contribution in [0.15, 0.2) is 59.0 Å². The maximum Gasteiger partial charge on any atom is 0.279 e. The second-order valence-electron chi connectivity index (χ2n) is 5.70. The van der Waals surface area contributed by atoms with Gasteiger partial charge in [0.2, 0.25) is 5.91 Å². The number of anilines is 1. The van der Waals surface area contributed by atoms with Gasteiger partial charge in [-0.15, -0.1) is 11.3 Å². The lowest BCUT2D eigenvalue weighted by Gasteiger charge is -2.06. The van der Waals surface area contributed by atoms with Gasteiger partial charge in [0, 0.05) is 29.1 Å². The molecule has 0 spiro atoms. The number of amides is 2. The van der Waals surface area contributed by atoms with Crippen LogP contribution in [-0.4, -0.2) is 16.4 Å². The van der Waals surface area contributed by atoms with E-state index in [1.165, 1.54) is 30.4 Å². The van der Waals surface area contributed by atoms with Crippen LogP contribution in [-0.2, 0) is 11.3 Å². The van der Waals surface area contributed by atoms with Crippen LogP contribution in [0.5, 0.6) is 0 Å². The molecule has 0 aliphatic rings. The smallest absolute Gasteiger partial charge is 0.279 e. The quantitative estimate of drug-likeness (QED) is 0.713. The summed E-state index contributed by atoms with van der Waals surface area (Å²) in [6, 6.07) is 11.2. The van der Waals surface area contributed by atoms with Crippen molar-refractivity contribution in [2.24, 2.45) is 4.99 Å². The molecule has 1 N–H and O–H groups in total. The van der Waals surface area contributed by atoms with Gasteiger partial charge in [0.05, 0.1) is 12.2 Å². The summed E-state index contributed by atoms with van der Waals surface area (Å²) < 4.78 is 15.6. The zero-order chi connectivity index (χ0) is 19.4. The highest BCUT2D eigenvalue weighted by Gasteiger charge is 2.11. The topological polar surface area (TPSA) is 63.5 Å². The molecule has 0 aliphatic heterocycles. The van der Waals surface area contributed by atoms with E-state index in [9.17, 15) is 14.0 Å². The number of halogens is 2. The zero-order valence-electron chi connectivity index (χ0n) is 14.3. The second-order valence-corrected chi connectivity index (χ2v) is 6.98. The molecule has 0 unspecified atom stereocenters. The Balaban J connectivity index is 1.90. The highest BCUT2D eigenvalue weighted by Crippen LogP contribution is 2.17. The van der Waals surface area contributed by atoms with Gasteiger partial charge in [-0.1, -0.05) is 29.8 Å². The number of nitrogens with zero attached hydrogens (tertiary/aromatic N) is 2. The first kappa shape index (κ1) is 19.0. The number of hydrogen-bond acceptors (Lipinski definition) is 3.